The van der Waals surface area contributed by atoms with Crippen molar-refractivity contribution in [1.82, 2.24) is 15.3 Å². The quantitative estimate of drug-likeness (QED) is 0.364. The molecular formula is C35H37FeN5O3. The second kappa shape index (κ2) is 13.1. The number of hydrogen-bond acceptors (Lipinski definition) is 3. The molecule has 0 fully saturated rings. The molecule has 5 heterocycles. The number of carbonyl (C=O) groups is 2. The van der Waals surface area contributed by atoms with Gasteiger partial charge in [0, 0.05) is 36.8 Å². The molecule has 9 heteroatoms. The summed E-state index contributed by atoms with van der Waals surface area (Å²) < 4.78 is 0. The number of H-pyrrole nitrogens is 1. The van der Waals surface area contributed by atoms with Crippen LogP contribution >= 0.6 is 0 Å². The van der Waals surface area contributed by atoms with Crippen molar-refractivity contribution in [2.75, 3.05) is 7.05 Å². The fraction of sp³-hybridized carbons (Fsp3) is 0.286. The summed E-state index contributed by atoms with van der Waals surface area (Å²) in [5.74, 6) is -0.918. The van der Waals surface area contributed by atoms with E-state index >= 15 is 0 Å². The minimum atomic E-state index is -0.867. The van der Waals surface area contributed by atoms with E-state index in [0.717, 1.165) is 78.0 Å². The van der Waals surface area contributed by atoms with Crippen molar-refractivity contribution in [3.05, 3.63) is 103 Å². The monoisotopic (exact) mass is 631 g/mol. The maximum absolute atomic E-state index is 12.2. The van der Waals surface area contributed by atoms with Gasteiger partial charge in [-0.3, -0.25) is 9.59 Å². The summed E-state index contributed by atoms with van der Waals surface area (Å²) in [5, 5.41) is 18.8. The third kappa shape index (κ3) is 6.03. The Kier molecular flexibility index (Phi) is 9.72. The molecule has 8 bridgehead atoms. The predicted molar refractivity (Wildman–Crippen MR) is 174 cm³/mol. The first-order chi connectivity index (χ1) is 20.6. The number of aliphatic imine (C=N–C) groups is 1. The van der Waals surface area contributed by atoms with Crippen molar-refractivity contribution in [2.24, 2.45) is 4.99 Å². The molecule has 0 saturated carbocycles. The average Bonchev–Trinajstić information content (AvgIpc) is 3.63. The van der Waals surface area contributed by atoms with Gasteiger partial charge in [-0.25, -0.2) is 4.99 Å². The smallest absolute Gasteiger partial charge is 0.675 e. The fourth-order valence-electron chi connectivity index (χ4n) is 5.97. The van der Waals surface area contributed by atoms with Crippen LogP contribution in [0.1, 0.15) is 66.8 Å². The Morgan fingerprint density at radius 1 is 1.02 bits per heavy atom. The van der Waals surface area contributed by atoms with Crippen molar-refractivity contribution >= 4 is 48.0 Å². The number of allylic oxidation sites excluding steroid dienone is 3. The van der Waals surface area contributed by atoms with E-state index in [1.54, 1.807) is 7.05 Å². The molecule has 1 amide bonds. The zero-order valence-corrected chi connectivity index (χ0v) is 26.8. The molecule has 8 nitrogen and oxygen atoms in total. The van der Waals surface area contributed by atoms with Crippen LogP contribution in [0, 0.1) is 13.8 Å². The number of fused-ring (bicyclic) bond motifs is 7. The molecule has 1 atom stereocenters. The molecule has 2 aromatic rings. The largest absolute Gasteiger partial charge is 2.00 e. The van der Waals surface area contributed by atoms with E-state index in [2.05, 4.69) is 43.4 Å². The van der Waals surface area contributed by atoms with Crippen LogP contribution in [0.4, 0.5) is 0 Å². The van der Waals surface area contributed by atoms with Crippen LogP contribution in [0.25, 0.3) is 35.7 Å². The zero-order chi connectivity index (χ0) is 31.0. The number of carboxylic acids is 1. The molecule has 1 unspecified atom stereocenters. The molecule has 44 heavy (non-hydrogen) atoms. The maximum Gasteiger partial charge on any atom is 2.00 e. The first-order valence-electron chi connectivity index (χ1n) is 14.5. The van der Waals surface area contributed by atoms with Gasteiger partial charge < -0.3 is 25.7 Å². The van der Waals surface area contributed by atoms with Gasteiger partial charge in [0.2, 0.25) is 5.91 Å². The van der Waals surface area contributed by atoms with Gasteiger partial charge in [0.25, 0.3) is 0 Å². The third-order valence-electron chi connectivity index (χ3n) is 8.59. The standard InChI is InChI=1S/C35H39N5O3.Fe/c1-8-22-18(3)26-14-27-20(5)24(10-12-34(41)36-7)32(39-27)17-33-25(11-13-35(42)43)21(6)29(40-33)16-31-23(9-2)19(4)28(38-31)15-30(22)37-26;/h8-9,14-17,26H,1-2,10-13H2,3-7H3,(H5,36,37,38,39,40,41,42,43);/q;+2/p-2/b27-14-;. The minimum Gasteiger partial charge on any atom is -0.675 e. The Bertz CT molecular complexity index is 1860. The number of aliphatic carboxylic acids is 1. The predicted octanol–water partition coefficient (Wildman–Crippen LogP) is 4.76. The molecule has 0 spiro atoms. The molecule has 0 aliphatic carbocycles. The summed E-state index contributed by atoms with van der Waals surface area (Å²) in [4.78, 5) is 37.4. The van der Waals surface area contributed by atoms with Gasteiger partial charge in [0.1, 0.15) is 0 Å². The van der Waals surface area contributed by atoms with Crippen LogP contribution in [0.2, 0.25) is 0 Å². The molecule has 0 aromatic carbocycles. The molecular weight excluding hydrogens is 594 g/mol. The van der Waals surface area contributed by atoms with Gasteiger partial charge in [-0.05, 0) is 68.9 Å². The topological polar surface area (TPSA) is 123 Å². The van der Waals surface area contributed by atoms with Crippen LogP contribution in [-0.4, -0.2) is 40.8 Å². The van der Waals surface area contributed by atoms with Crippen molar-refractivity contribution in [3.63, 3.8) is 0 Å². The van der Waals surface area contributed by atoms with Crippen LogP contribution < -0.4 is 21.0 Å². The third-order valence-corrected chi connectivity index (χ3v) is 8.59. The Morgan fingerprint density at radius 3 is 2.43 bits per heavy atom. The summed E-state index contributed by atoms with van der Waals surface area (Å²) in [6.07, 6.45) is 12.9. The maximum atomic E-state index is 12.2. The number of nitrogens with one attached hydrogen (secondary N) is 2. The van der Waals surface area contributed by atoms with Gasteiger partial charge in [0.05, 0.1) is 11.4 Å². The van der Waals surface area contributed by atoms with E-state index in [9.17, 15) is 14.7 Å². The Balaban J connectivity index is 0.00000442. The average molecular weight is 632 g/mol. The molecule has 3 aliphatic rings. The van der Waals surface area contributed by atoms with Crippen LogP contribution in [0.3, 0.4) is 0 Å². The molecule has 3 aliphatic heterocycles. The summed E-state index contributed by atoms with van der Waals surface area (Å²) >= 11 is 0. The van der Waals surface area contributed by atoms with E-state index in [1.807, 2.05) is 44.2 Å². The second-order valence-corrected chi connectivity index (χ2v) is 11.1. The Hall–Kier alpha value is -4.33. The fourth-order valence-corrected chi connectivity index (χ4v) is 5.97. The van der Waals surface area contributed by atoms with E-state index in [-0.39, 0.29) is 35.4 Å². The number of carboxylic acid groups (broad SMARTS) is 1. The Labute approximate surface area is 268 Å². The summed E-state index contributed by atoms with van der Waals surface area (Å²) in [6, 6.07) is -0.224. The van der Waals surface area contributed by atoms with Crippen molar-refractivity contribution < 1.29 is 31.8 Å². The number of nitrogens with zero attached hydrogens (tertiary/aromatic N) is 3. The first kappa shape index (κ1) is 32.6. The van der Waals surface area contributed by atoms with Crippen molar-refractivity contribution in [1.29, 1.82) is 0 Å². The van der Waals surface area contributed by atoms with Crippen molar-refractivity contribution in [2.45, 2.75) is 59.4 Å². The zero-order valence-electron chi connectivity index (χ0n) is 25.7. The van der Waals surface area contributed by atoms with E-state index in [4.69, 9.17) is 15.3 Å². The summed E-state index contributed by atoms with van der Waals surface area (Å²) in [5.41, 5.74) is 11.9. The summed E-state index contributed by atoms with van der Waals surface area (Å²) in [6.45, 7) is 16.2. The number of carbonyl (C=O) groups excluding carboxylic acids is 1. The van der Waals surface area contributed by atoms with E-state index in [0.29, 0.717) is 25.0 Å². The second-order valence-electron chi connectivity index (χ2n) is 11.1. The summed E-state index contributed by atoms with van der Waals surface area (Å²) in [7, 11) is 1.63. The van der Waals surface area contributed by atoms with Crippen LogP contribution in [0.5, 0.6) is 0 Å². The Morgan fingerprint density at radius 2 is 1.77 bits per heavy atom. The van der Waals surface area contributed by atoms with Gasteiger partial charge in [-0.2, -0.15) is 0 Å². The van der Waals surface area contributed by atoms with Gasteiger partial charge >= 0.3 is 23.0 Å². The number of hydrogen-bond donors (Lipinski definition) is 3. The van der Waals surface area contributed by atoms with E-state index < -0.39 is 5.97 Å². The van der Waals surface area contributed by atoms with Gasteiger partial charge in [0.15, 0.2) is 0 Å². The van der Waals surface area contributed by atoms with Gasteiger partial charge in [-0.1, -0.05) is 60.2 Å². The molecule has 228 valence electrons. The molecule has 0 saturated heterocycles. The number of aromatic amines is 1. The van der Waals surface area contributed by atoms with Crippen LogP contribution in [0.15, 0.2) is 57.9 Å². The first-order valence-corrected chi connectivity index (χ1v) is 14.5. The number of aromatic nitrogens is 2. The normalized spacial score (nSPS) is 20.9. The van der Waals surface area contributed by atoms with Crippen LogP contribution in [-0.2, 0) is 33.1 Å². The van der Waals surface area contributed by atoms with Gasteiger partial charge in [-0.15, -0.1) is 22.5 Å². The number of rotatable bonds is 8. The van der Waals surface area contributed by atoms with E-state index in [1.165, 1.54) is 0 Å². The van der Waals surface area contributed by atoms with Crippen molar-refractivity contribution in [3.8, 4) is 0 Å². The number of amides is 1. The molecule has 5 rings (SSSR count). The SMILES string of the molecule is C=CC1=C(C)C2/C=c3\[n-]/c(c(CCC(=O)NC)c3C)=C\C3=NC(=C\c4[nH]c(c(C)c4C=C)/C=C/1[N-]2)/C(C)=C3CCC(=O)O.[Fe+2]. The molecule has 0 radical (unpaired) electrons. The minimum absolute atomic E-state index is 0. The molecule has 2 aromatic heterocycles. The molecule has 3 N–H and O–H groups in total.